The maximum absolute atomic E-state index is 4.15. The summed E-state index contributed by atoms with van der Waals surface area (Å²) in [6.45, 7) is 3.57. The minimum atomic E-state index is 0.681. The first-order chi connectivity index (χ1) is 6.40. The average molecular weight is 177 g/mol. The van der Waals surface area contributed by atoms with Crippen LogP contribution in [0.15, 0.2) is 24.8 Å². The van der Waals surface area contributed by atoms with Crippen molar-refractivity contribution < 1.29 is 0 Å². The summed E-state index contributed by atoms with van der Waals surface area (Å²) in [5, 5.41) is 8.18. The molecule has 2 heterocycles. The van der Waals surface area contributed by atoms with E-state index in [4.69, 9.17) is 0 Å². The van der Waals surface area contributed by atoms with E-state index in [0.717, 1.165) is 12.4 Å². The Morgan fingerprint density at radius 1 is 1.38 bits per heavy atom. The van der Waals surface area contributed by atoms with Crippen molar-refractivity contribution in [3.05, 3.63) is 30.6 Å². The van der Waals surface area contributed by atoms with E-state index >= 15 is 0 Å². The highest BCUT2D eigenvalue weighted by molar-refractivity contribution is 4.87. The number of rotatable bonds is 3. The summed E-state index contributed by atoms with van der Waals surface area (Å²) in [6, 6.07) is 1.90. The molecule has 0 amide bonds. The lowest BCUT2D eigenvalue weighted by atomic mass is 10.5. The molecule has 0 unspecified atom stereocenters. The Morgan fingerprint density at radius 3 is 3.00 bits per heavy atom. The molecule has 0 fully saturated rings. The predicted octanol–water partition coefficient (Wildman–Crippen LogP) is 0.543. The number of aromatic nitrogens is 5. The summed E-state index contributed by atoms with van der Waals surface area (Å²) in [7, 11) is 0. The van der Waals surface area contributed by atoms with Gasteiger partial charge in [0, 0.05) is 18.9 Å². The second-order valence-electron chi connectivity index (χ2n) is 2.70. The molecule has 0 aliphatic carbocycles. The van der Waals surface area contributed by atoms with E-state index in [9.17, 15) is 0 Å². The normalized spacial score (nSPS) is 10.5. The van der Waals surface area contributed by atoms with Crippen molar-refractivity contribution in [2.24, 2.45) is 0 Å². The third kappa shape index (κ3) is 1.58. The molecule has 0 aliphatic heterocycles. The fourth-order valence-corrected chi connectivity index (χ4v) is 1.21. The van der Waals surface area contributed by atoms with E-state index < -0.39 is 0 Å². The molecule has 2 rings (SSSR count). The largest absolute Gasteiger partial charge is 0.265 e. The summed E-state index contributed by atoms with van der Waals surface area (Å²) in [5.74, 6) is 0.936. The van der Waals surface area contributed by atoms with Gasteiger partial charge in [0.05, 0.1) is 0 Å². The van der Waals surface area contributed by atoms with E-state index in [1.807, 2.05) is 28.6 Å². The van der Waals surface area contributed by atoms with Crippen LogP contribution in [0.5, 0.6) is 0 Å². The molecule has 0 saturated heterocycles. The van der Waals surface area contributed by atoms with Gasteiger partial charge in [0.1, 0.15) is 18.7 Å². The molecule has 0 aliphatic rings. The van der Waals surface area contributed by atoms with Crippen LogP contribution in [0.4, 0.5) is 0 Å². The summed E-state index contributed by atoms with van der Waals surface area (Å²) < 4.78 is 3.69. The lowest BCUT2D eigenvalue weighted by Gasteiger charge is -2.02. The van der Waals surface area contributed by atoms with Crippen molar-refractivity contribution in [1.29, 1.82) is 0 Å². The number of nitrogens with zero attached hydrogens (tertiary/aromatic N) is 5. The van der Waals surface area contributed by atoms with Crippen molar-refractivity contribution in [3.8, 4) is 0 Å². The van der Waals surface area contributed by atoms with Gasteiger partial charge in [-0.3, -0.25) is 4.68 Å². The Kier molecular flexibility index (Phi) is 2.08. The Hall–Kier alpha value is -1.65. The fraction of sp³-hybridized carbons (Fsp3) is 0.375. The molecule has 13 heavy (non-hydrogen) atoms. The molecular formula is C8H11N5. The smallest absolute Gasteiger partial charge is 0.148 e. The van der Waals surface area contributed by atoms with Gasteiger partial charge in [0.2, 0.25) is 0 Å². The Bertz CT molecular complexity index is 362. The molecule has 5 nitrogen and oxygen atoms in total. The number of hydrogen-bond donors (Lipinski definition) is 0. The molecule has 0 aromatic carbocycles. The van der Waals surface area contributed by atoms with Gasteiger partial charge in [-0.05, 0) is 13.0 Å². The molecule has 0 saturated carbocycles. The van der Waals surface area contributed by atoms with Crippen LogP contribution in [0.25, 0.3) is 0 Å². The van der Waals surface area contributed by atoms with Crippen LogP contribution in [0.1, 0.15) is 12.7 Å². The third-order valence-electron chi connectivity index (χ3n) is 1.86. The molecule has 0 spiro atoms. The minimum Gasteiger partial charge on any atom is -0.265 e. The summed E-state index contributed by atoms with van der Waals surface area (Å²) in [6.07, 6.45) is 5.24. The van der Waals surface area contributed by atoms with E-state index in [1.165, 1.54) is 0 Å². The average Bonchev–Trinajstić information content (AvgIpc) is 2.76. The molecular weight excluding hydrogens is 166 g/mol. The summed E-state index contributed by atoms with van der Waals surface area (Å²) in [5.41, 5.74) is 0. The second-order valence-corrected chi connectivity index (χ2v) is 2.70. The van der Waals surface area contributed by atoms with Crippen molar-refractivity contribution in [2.75, 3.05) is 0 Å². The van der Waals surface area contributed by atoms with Gasteiger partial charge in [-0.1, -0.05) is 0 Å². The van der Waals surface area contributed by atoms with Gasteiger partial charge in [-0.25, -0.2) is 9.67 Å². The van der Waals surface area contributed by atoms with Gasteiger partial charge < -0.3 is 0 Å². The molecule has 2 aromatic rings. The fourth-order valence-electron chi connectivity index (χ4n) is 1.21. The van der Waals surface area contributed by atoms with Crippen LogP contribution in [0.3, 0.4) is 0 Å². The van der Waals surface area contributed by atoms with Crippen LogP contribution in [-0.4, -0.2) is 24.5 Å². The molecule has 0 atom stereocenters. The quantitative estimate of drug-likeness (QED) is 0.687. The van der Waals surface area contributed by atoms with E-state index in [0.29, 0.717) is 6.54 Å². The van der Waals surface area contributed by atoms with Crippen LogP contribution in [0, 0.1) is 0 Å². The molecule has 0 N–H and O–H groups in total. The van der Waals surface area contributed by atoms with Gasteiger partial charge in [0.25, 0.3) is 0 Å². The first-order valence-corrected chi connectivity index (χ1v) is 4.24. The highest BCUT2D eigenvalue weighted by Crippen LogP contribution is 1.96. The lowest BCUT2D eigenvalue weighted by molar-refractivity contribution is 0.568. The van der Waals surface area contributed by atoms with Gasteiger partial charge >= 0.3 is 0 Å². The van der Waals surface area contributed by atoms with Gasteiger partial charge in [-0.2, -0.15) is 10.2 Å². The highest BCUT2D eigenvalue weighted by atomic mass is 15.4. The molecule has 68 valence electrons. The molecule has 0 bridgehead atoms. The maximum Gasteiger partial charge on any atom is 0.148 e. The topological polar surface area (TPSA) is 48.5 Å². The number of hydrogen-bond acceptors (Lipinski definition) is 3. The first kappa shape index (κ1) is 7.97. The standard InChI is InChI=1S/C8H11N5/c1-2-13-8(9-7-11-13)6-12-5-3-4-10-12/h3-5,7H,2,6H2,1H3. The van der Waals surface area contributed by atoms with Crippen LogP contribution < -0.4 is 0 Å². The van der Waals surface area contributed by atoms with Crippen molar-refractivity contribution >= 4 is 0 Å². The van der Waals surface area contributed by atoms with Gasteiger partial charge in [-0.15, -0.1) is 0 Å². The minimum absolute atomic E-state index is 0.681. The summed E-state index contributed by atoms with van der Waals surface area (Å²) >= 11 is 0. The Morgan fingerprint density at radius 2 is 2.31 bits per heavy atom. The van der Waals surface area contributed by atoms with Crippen LogP contribution in [-0.2, 0) is 13.1 Å². The maximum atomic E-state index is 4.15. The predicted molar refractivity (Wildman–Crippen MR) is 47.0 cm³/mol. The number of aryl methyl sites for hydroxylation is 1. The van der Waals surface area contributed by atoms with Crippen LogP contribution >= 0.6 is 0 Å². The molecule has 5 heteroatoms. The monoisotopic (exact) mass is 177 g/mol. The molecule has 2 aromatic heterocycles. The zero-order valence-corrected chi connectivity index (χ0v) is 7.46. The first-order valence-electron chi connectivity index (χ1n) is 4.24. The Balaban J connectivity index is 2.18. The molecule has 0 radical (unpaired) electrons. The zero-order valence-electron chi connectivity index (χ0n) is 7.46. The second kappa shape index (κ2) is 3.38. The Labute approximate surface area is 76.0 Å². The SMILES string of the molecule is CCn1ncnc1Cn1cccn1. The van der Waals surface area contributed by atoms with E-state index in [-0.39, 0.29) is 0 Å². The van der Waals surface area contributed by atoms with Crippen molar-refractivity contribution in [1.82, 2.24) is 24.5 Å². The third-order valence-corrected chi connectivity index (χ3v) is 1.86. The van der Waals surface area contributed by atoms with Crippen LogP contribution in [0.2, 0.25) is 0 Å². The van der Waals surface area contributed by atoms with E-state index in [2.05, 4.69) is 15.2 Å². The zero-order chi connectivity index (χ0) is 9.10. The van der Waals surface area contributed by atoms with Gasteiger partial charge in [0.15, 0.2) is 0 Å². The van der Waals surface area contributed by atoms with Crippen molar-refractivity contribution in [2.45, 2.75) is 20.0 Å². The van der Waals surface area contributed by atoms with Crippen molar-refractivity contribution in [3.63, 3.8) is 0 Å². The highest BCUT2D eigenvalue weighted by Gasteiger charge is 2.02. The summed E-state index contributed by atoms with van der Waals surface area (Å²) in [4.78, 5) is 4.15. The lowest BCUT2D eigenvalue weighted by Crippen LogP contribution is -2.09. The van der Waals surface area contributed by atoms with E-state index in [1.54, 1.807) is 12.5 Å².